The zero-order valence-corrected chi connectivity index (χ0v) is 18.4. The van der Waals surface area contributed by atoms with Crippen LogP contribution in [0.1, 0.15) is 65.6 Å². The molecule has 3 aromatic rings. The van der Waals surface area contributed by atoms with Gasteiger partial charge in [-0.1, -0.05) is 37.1 Å². The first kappa shape index (κ1) is 21.0. The van der Waals surface area contributed by atoms with Crippen LogP contribution in [0.3, 0.4) is 0 Å². The Morgan fingerprint density at radius 1 is 1.00 bits per heavy atom. The van der Waals surface area contributed by atoms with Crippen molar-refractivity contribution in [2.45, 2.75) is 64.1 Å². The highest BCUT2D eigenvalue weighted by Gasteiger charge is 2.24. The molecule has 0 amide bonds. The van der Waals surface area contributed by atoms with Crippen LogP contribution in [-0.4, -0.2) is 28.5 Å². The van der Waals surface area contributed by atoms with E-state index >= 15 is 0 Å². The number of aromatic nitrogens is 2. The van der Waals surface area contributed by atoms with Crippen LogP contribution >= 0.6 is 0 Å². The molecule has 1 heterocycles. The lowest BCUT2D eigenvalue weighted by atomic mass is 9.87. The predicted octanol–water partition coefficient (Wildman–Crippen LogP) is 5.68. The van der Waals surface area contributed by atoms with Crippen LogP contribution in [0.25, 0.3) is 11.4 Å². The molecule has 1 N–H and O–H groups in total. The number of hydrogen-bond donors (Lipinski definition) is 1. The Bertz CT molecular complexity index is 1070. The van der Waals surface area contributed by atoms with Gasteiger partial charge in [0.25, 0.3) is 0 Å². The van der Waals surface area contributed by atoms with Crippen molar-refractivity contribution in [3.05, 3.63) is 71.0 Å². The molecule has 0 atom stereocenters. The van der Waals surface area contributed by atoms with Crippen molar-refractivity contribution in [3.8, 4) is 17.1 Å². The first-order chi connectivity index (χ1) is 15.8. The molecule has 0 bridgehead atoms. The van der Waals surface area contributed by atoms with Gasteiger partial charge in [-0.05, 0) is 48.9 Å². The molecule has 2 aromatic carbocycles. The van der Waals surface area contributed by atoms with Crippen LogP contribution in [0.2, 0.25) is 0 Å². The van der Waals surface area contributed by atoms with Crippen LogP contribution in [0.4, 0.5) is 0 Å². The van der Waals surface area contributed by atoms with Gasteiger partial charge in [0, 0.05) is 41.9 Å². The fourth-order valence-electron chi connectivity index (χ4n) is 4.98. The number of hydrogen-bond acceptors (Lipinski definition) is 4. The van der Waals surface area contributed by atoms with Gasteiger partial charge in [-0.2, -0.15) is 0 Å². The molecular weight excluding hydrogens is 400 g/mol. The van der Waals surface area contributed by atoms with Crippen molar-refractivity contribution in [1.29, 1.82) is 0 Å². The number of ketones is 1. The SMILES string of the molecule is O=C1CCCc2c1ccc(OCCc1ccccc1-c1ncc[nH]1)c2COC1CCCC1. The zero-order valence-electron chi connectivity index (χ0n) is 18.4. The molecule has 0 unspecified atom stereocenters. The van der Waals surface area contributed by atoms with Crippen molar-refractivity contribution in [1.82, 2.24) is 9.97 Å². The van der Waals surface area contributed by atoms with Gasteiger partial charge in [-0.3, -0.25) is 4.79 Å². The lowest BCUT2D eigenvalue weighted by Crippen LogP contribution is -2.17. The van der Waals surface area contributed by atoms with E-state index in [0.717, 1.165) is 65.9 Å². The predicted molar refractivity (Wildman–Crippen MR) is 124 cm³/mol. The molecule has 2 aliphatic carbocycles. The number of nitrogens with one attached hydrogen (secondary N) is 1. The third-order valence-electron chi connectivity index (χ3n) is 6.68. The molecule has 166 valence electrons. The normalized spacial score (nSPS) is 16.3. The Morgan fingerprint density at radius 2 is 1.88 bits per heavy atom. The average molecular weight is 431 g/mol. The molecule has 0 spiro atoms. The van der Waals surface area contributed by atoms with Crippen molar-refractivity contribution in [3.63, 3.8) is 0 Å². The van der Waals surface area contributed by atoms with Gasteiger partial charge in [0.05, 0.1) is 19.3 Å². The molecule has 0 aliphatic heterocycles. The molecule has 1 fully saturated rings. The van der Waals surface area contributed by atoms with Gasteiger partial charge in [0.1, 0.15) is 11.6 Å². The minimum Gasteiger partial charge on any atom is -0.493 e. The van der Waals surface area contributed by atoms with Gasteiger partial charge in [0.2, 0.25) is 0 Å². The number of carbonyl (C=O) groups is 1. The summed E-state index contributed by atoms with van der Waals surface area (Å²) in [5.41, 5.74) is 5.35. The van der Waals surface area contributed by atoms with E-state index in [1.54, 1.807) is 6.20 Å². The number of imidazole rings is 1. The first-order valence-electron chi connectivity index (χ1n) is 11.8. The van der Waals surface area contributed by atoms with E-state index in [1.807, 2.05) is 30.5 Å². The Labute approximate surface area is 189 Å². The van der Waals surface area contributed by atoms with Gasteiger partial charge in [-0.25, -0.2) is 4.98 Å². The van der Waals surface area contributed by atoms with Crippen molar-refractivity contribution in [2.75, 3.05) is 6.61 Å². The van der Waals surface area contributed by atoms with E-state index in [2.05, 4.69) is 22.1 Å². The number of aromatic amines is 1. The van der Waals surface area contributed by atoms with Crippen LogP contribution in [0, 0.1) is 0 Å². The maximum Gasteiger partial charge on any atom is 0.163 e. The molecule has 2 aliphatic rings. The number of nitrogens with zero attached hydrogens (tertiary/aromatic N) is 1. The van der Waals surface area contributed by atoms with Gasteiger partial charge in [-0.15, -0.1) is 0 Å². The molecule has 5 nitrogen and oxygen atoms in total. The second-order valence-corrected chi connectivity index (χ2v) is 8.76. The Balaban J connectivity index is 1.34. The maximum absolute atomic E-state index is 12.5. The monoisotopic (exact) mass is 430 g/mol. The van der Waals surface area contributed by atoms with E-state index in [-0.39, 0.29) is 5.78 Å². The first-order valence-corrected chi connectivity index (χ1v) is 11.8. The summed E-state index contributed by atoms with van der Waals surface area (Å²) in [6, 6.07) is 12.2. The van der Waals surface area contributed by atoms with Crippen LogP contribution in [0.15, 0.2) is 48.8 Å². The fourth-order valence-corrected chi connectivity index (χ4v) is 4.98. The second kappa shape index (κ2) is 9.70. The Hall–Kier alpha value is -2.92. The number of benzene rings is 2. The van der Waals surface area contributed by atoms with E-state index in [0.29, 0.717) is 25.7 Å². The summed E-state index contributed by atoms with van der Waals surface area (Å²) in [6.07, 6.45) is 11.9. The van der Waals surface area contributed by atoms with Crippen LogP contribution in [0.5, 0.6) is 5.75 Å². The largest absolute Gasteiger partial charge is 0.493 e. The average Bonchev–Trinajstić information content (AvgIpc) is 3.53. The highest BCUT2D eigenvalue weighted by molar-refractivity contribution is 5.99. The molecule has 0 radical (unpaired) electrons. The lowest BCUT2D eigenvalue weighted by molar-refractivity contribution is 0.0438. The number of rotatable bonds is 8. The summed E-state index contributed by atoms with van der Waals surface area (Å²) in [4.78, 5) is 20.1. The topological polar surface area (TPSA) is 64.2 Å². The number of H-pyrrole nitrogens is 1. The Morgan fingerprint density at radius 3 is 2.72 bits per heavy atom. The van der Waals surface area contributed by atoms with E-state index in [1.165, 1.54) is 18.4 Å². The molecule has 5 heteroatoms. The third kappa shape index (κ3) is 4.49. The van der Waals surface area contributed by atoms with E-state index in [9.17, 15) is 4.79 Å². The minimum absolute atomic E-state index is 0.243. The van der Waals surface area contributed by atoms with Crippen molar-refractivity contribution >= 4 is 5.78 Å². The van der Waals surface area contributed by atoms with Gasteiger partial charge < -0.3 is 14.5 Å². The molecule has 1 aromatic heterocycles. The molecular formula is C27H30N2O3. The third-order valence-corrected chi connectivity index (χ3v) is 6.68. The summed E-state index contributed by atoms with van der Waals surface area (Å²) in [7, 11) is 0. The summed E-state index contributed by atoms with van der Waals surface area (Å²) in [6.45, 7) is 1.08. The summed E-state index contributed by atoms with van der Waals surface area (Å²) < 4.78 is 12.6. The summed E-state index contributed by atoms with van der Waals surface area (Å²) in [5, 5.41) is 0. The van der Waals surface area contributed by atoms with Gasteiger partial charge >= 0.3 is 0 Å². The highest BCUT2D eigenvalue weighted by atomic mass is 16.5. The fraction of sp³-hybridized carbons (Fsp3) is 0.407. The highest BCUT2D eigenvalue weighted by Crippen LogP contribution is 2.33. The molecule has 1 saturated carbocycles. The number of carbonyl (C=O) groups excluding carboxylic acids is 1. The standard InChI is InChI=1S/C27H30N2O3/c30-25-11-5-10-22-23(25)12-13-26(24(22)18-32-20-7-2-3-8-20)31-17-14-19-6-1-4-9-21(19)27-28-15-16-29-27/h1,4,6,9,12-13,15-16,20H,2-3,5,7-8,10-11,14,17-18H2,(H,28,29). The second-order valence-electron chi connectivity index (χ2n) is 8.76. The maximum atomic E-state index is 12.5. The number of fused-ring (bicyclic) bond motifs is 1. The van der Waals surface area contributed by atoms with Crippen LogP contribution < -0.4 is 4.74 Å². The smallest absolute Gasteiger partial charge is 0.163 e. The quantitative estimate of drug-likeness (QED) is 0.500. The van der Waals surface area contributed by atoms with Crippen molar-refractivity contribution in [2.24, 2.45) is 0 Å². The van der Waals surface area contributed by atoms with E-state index in [4.69, 9.17) is 9.47 Å². The van der Waals surface area contributed by atoms with Gasteiger partial charge in [0.15, 0.2) is 5.78 Å². The number of ether oxygens (including phenoxy) is 2. The Kier molecular flexibility index (Phi) is 6.35. The number of Topliss-reactive ketones (excluding diaryl/α,β-unsaturated/α-hetero) is 1. The molecule has 5 rings (SSSR count). The van der Waals surface area contributed by atoms with Crippen LogP contribution in [-0.2, 0) is 24.2 Å². The van der Waals surface area contributed by atoms with E-state index < -0.39 is 0 Å². The lowest BCUT2D eigenvalue weighted by Gasteiger charge is -2.23. The summed E-state index contributed by atoms with van der Waals surface area (Å²) in [5.74, 6) is 1.97. The molecule has 0 saturated heterocycles. The minimum atomic E-state index is 0.243. The van der Waals surface area contributed by atoms with Crippen molar-refractivity contribution < 1.29 is 14.3 Å². The zero-order chi connectivity index (χ0) is 21.8. The summed E-state index contributed by atoms with van der Waals surface area (Å²) >= 11 is 0. The molecule has 32 heavy (non-hydrogen) atoms.